The molecule has 2 aromatic carbocycles. The van der Waals surface area contributed by atoms with Crippen LogP contribution in [0.1, 0.15) is 11.1 Å². The molecule has 0 saturated heterocycles. The maximum absolute atomic E-state index is 12.2. The Kier molecular flexibility index (Phi) is 4.27. The minimum atomic E-state index is -3.52. The number of rotatable bonds is 4. The number of sulfonamides is 1. The summed E-state index contributed by atoms with van der Waals surface area (Å²) in [5.74, 6) is 0. The number of benzene rings is 2. The van der Waals surface area contributed by atoms with Gasteiger partial charge in [-0.15, -0.1) is 0 Å². The van der Waals surface area contributed by atoms with E-state index in [0.717, 1.165) is 11.1 Å². The average molecular weight is 340 g/mol. The van der Waals surface area contributed by atoms with E-state index in [4.69, 9.17) is 0 Å². The van der Waals surface area contributed by atoms with Crippen molar-refractivity contribution in [3.05, 3.63) is 59.7 Å². The van der Waals surface area contributed by atoms with Crippen molar-refractivity contribution in [2.24, 2.45) is 0 Å². The highest BCUT2D eigenvalue weighted by atomic mass is 79.9. The van der Waals surface area contributed by atoms with Crippen molar-refractivity contribution in [1.29, 1.82) is 0 Å². The van der Waals surface area contributed by atoms with Gasteiger partial charge in [0.05, 0.1) is 4.90 Å². The minimum absolute atomic E-state index is 0.263. The molecule has 0 aliphatic rings. The van der Waals surface area contributed by atoms with Gasteiger partial charge in [0.25, 0.3) is 10.0 Å². The first kappa shape index (κ1) is 14.1. The molecule has 0 atom stereocenters. The zero-order valence-corrected chi connectivity index (χ0v) is 12.8. The number of hydrogen-bond donors (Lipinski definition) is 1. The predicted molar refractivity (Wildman–Crippen MR) is 81.1 cm³/mol. The van der Waals surface area contributed by atoms with Crippen molar-refractivity contribution >= 4 is 31.6 Å². The van der Waals surface area contributed by atoms with Crippen LogP contribution in [-0.2, 0) is 15.4 Å². The normalized spacial score (nSPS) is 11.3. The molecular formula is C14H14BrNO2S. The molecule has 0 radical (unpaired) electrons. The van der Waals surface area contributed by atoms with Crippen molar-refractivity contribution in [2.45, 2.75) is 17.1 Å². The highest BCUT2D eigenvalue weighted by molar-refractivity contribution is 9.08. The maximum Gasteiger partial charge on any atom is 0.261 e. The van der Waals surface area contributed by atoms with Gasteiger partial charge >= 0.3 is 0 Å². The SMILES string of the molecule is Cc1cccc(NS(=O)(=O)c2ccc(CBr)cc2)c1. The van der Waals surface area contributed by atoms with Crippen molar-refractivity contribution in [2.75, 3.05) is 4.72 Å². The summed E-state index contributed by atoms with van der Waals surface area (Å²) in [5, 5.41) is 0.707. The first-order valence-corrected chi connectivity index (χ1v) is 8.36. The highest BCUT2D eigenvalue weighted by Gasteiger charge is 2.13. The van der Waals surface area contributed by atoms with Crippen LogP contribution in [-0.4, -0.2) is 8.42 Å². The Morgan fingerprint density at radius 3 is 2.37 bits per heavy atom. The number of halogens is 1. The molecular weight excluding hydrogens is 326 g/mol. The number of aryl methyl sites for hydroxylation is 1. The lowest BCUT2D eigenvalue weighted by molar-refractivity contribution is 0.601. The number of alkyl halides is 1. The average Bonchev–Trinajstić information content (AvgIpc) is 2.38. The van der Waals surface area contributed by atoms with Crippen LogP contribution in [0.3, 0.4) is 0 Å². The van der Waals surface area contributed by atoms with Gasteiger partial charge in [0, 0.05) is 11.0 Å². The highest BCUT2D eigenvalue weighted by Crippen LogP contribution is 2.18. The van der Waals surface area contributed by atoms with Crippen molar-refractivity contribution in [1.82, 2.24) is 0 Å². The van der Waals surface area contributed by atoms with Gasteiger partial charge in [-0.25, -0.2) is 8.42 Å². The van der Waals surface area contributed by atoms with Crippen LogP contribution in [0.2, 0.25) is 0 Å². The van der Waals surface area contributed by atoms with Gasteiger partial charge in [0.15, 0.2) is 0 Å². The van der Waals surface area contributed by atoms with E-state index in [-0.39, 0.29) is 4.90 Å². The third-order valence-corrected chi connectivity index (χ3v) is 4.70. The molecule has 3 nitrogen and oxygen atoms in total. The fourth-order valence-electron chi connectivity index (χ4n) is 1.68. The molecule has 0 fully saturated rings. The standard InChI is InChI=1S/C14H14BrNO2S/c1-11-3-2-4-13(9-11)16-19(17,18)14-7-5-12(10-15)6-8-14/h2-9,16H,10H2,1H3. The summed E-state index contributed by atoms with van der Waals surface area (Å²) >= 11 is 3.33. The van der Waals surface area contributed by atoms with Gasteiger partial charge < -0.3 is 0 Å². The molecule has 2 rings (SSSR count). The molecule has 0 heterocycles. The smallest absolute Gasteiger partial charge is 0.261 e. The molecule has 0 unspecified atom stereocenters. The third kappa shape index (κ3) is 3.58. The second-order valence-electron chi connectivity index (χ2n) is 4.25. The Morgan fingerprint density at radius 2 is 1.79 bits per heavy atom. The second-order valence-corrected chi connectivity index (χ2v) is 6.50. The molecule has 0 bridgehead atoms. The molecule has 0 aliphatic carbocycles. The lowest BCUT2D eigenvalue weighted by Crippen LogP contribution is -2.12. The van der Waals surface area contributed by atoms with E-state index < -0.39 is 10.0 Å². The molecule has 0 aliphatic heterocycles. The fourth-order valence-corrected chi connectivity index (χ4v) is 3.10. The maximum atomic E-state index is 12.2. The molecule has 1 N–H and O–H groups in total. The van der Waals surface area contributed by atoms with E-state index in [1.54, 1.807) is 36.4 Å². The summed E-state index contributed by atoms with van der Waals surface area (Å²) in [6.45, 7) is 1.92. The second kappa shape index (κ2) is 5.75. The van der Waals surface area contributed by atoms with E-state index >= 15 is 0 Å². The predicted octanol–water partition coefficient (Wildman–Crippen LogP) is 3.69. The third-order valence-electron chi connectivity index (χ3n) is 2.66. The van der Waals surface area contributed by atoms with Crippen LogP contribution in [0.5, 0.6) is 0 Å². The van der Waals surface area contributed by atoms with E-state index in [2.05, 4.69) is 20.7 Å². The van der Waals surface area contributed by atoms with Gasteiger partial charge in [0.2, 0.25) is 0 Å². The van der Waals surface area contributed by atoms with E-state index in [9.17, 15) is 8.42 Å². The van der Waals surface area contributed by atoms with Crippen LogP contribution in [0.15, 0.2) is 53.4 Å². The van der Waals surface area contributed by atoms with Gasteiger partial charge in [-0.05, 0) is 42.3 Å². The number of hydrogen-bond acceptors (Lipinski definition) is 2. The quantitative estimate of drug-likeness (QED) is 0.863. The lowest BCUT2D eigenvalue weighted by Gasteiger charge is -2.09. The van der Waals surface area contributed by atoms with Gasteiger partial charge in [-0.3, -0.25) is 4.72 Å². The van der Waals surface area contributed by atoms with Crippen LogP contribution in [0, 0.1) is 6.92 Å². The van der Waals surface area contributed by atoms with Crippen LogP contribution < -0.4 is 4.72 Å². The fraction of sp³-hybridized carbons (Fsp3) is 0.143. The Morgan fingerprint density at radius 1 is 1.11 bits per heavy atom. The van der Waals surface area contributed by atoms with Crippen LogP contribution in [0.25, 0.3) is 0 Å². The van der Waals surface area contributed by atoms with Gasteiger partial charge in [-0.2, -0.15) is 0 Å². The molecule has 19 heavy (non-hydrogen) atoms. The molecule has 2 aromatic rings. The first-order chi connectivity index (χ1) is 9.01. The zero-order valence-electron chi connectivity index (χ0n) is 10.4. The molecule has 5 heteroatoms. The Bertz CT molecular complexity index is 666. The van der Waals surface area contributed by atoms with Crippen LogP contribution >= 0.6 is 15.9 Å². The Labute approximate surface area is 121 Å². The van der Waals surface area contributed by atoms with Crippen LogP contribution in [0.4, 0.5) is 5.69 Å². The monoisotopic (exact) mass is 339 g/mol. The molecule has 0 spiro atoms. The number of nitrogens with one attached hydrogen (secondary N) is 1. The summed E-state index contributed by atoms with van der Waals surface area (Å²) < 4.78 is 27.0. The summed E-state index contributed by atoms with van der Waals surface area (Å²) in [6, 6.07) is 14.1. The summed E-state index contributed by atoms with van der Waals surface area (Å²) in [7, 11) is -3.52. The number of anilines is 1. The van der Waals surface area contributed by atoms with Crippen molar-refractivity contribution < 1.29 is 8.42 Å². The van der Waals surface area contributed by atoms with Crippen molar-refractivity contribution in [3.63, 3.8) is 0 Å². The molecule has 0 amide bonds. The lowest BCUT2D eigenvalue weighted by atomic mass is 10.2. The van der Waals surface area contributed by atoms with E-state index in [0.29, 0.717) is 11.0 Å². The Balaban J connectivity index is 2.27. The van der Waals surface area contributed by atoms with E-state index in [1.807, 2.05) is 19.1 Å². The summed E-state index contributed by atoms with van der Waals surface area (Å²) in [4.78, 5) is 0.263. The van der Waals surface area contributed by atoms with Gasteiger partial charge in [-0.1, -0.05) is 40.2 Å². The summed E-state index contributed by atoms with van der Waals surface area (Å²) in [5.41, 5.74) is 2.62. The topological polar surface area (TPSA) is 46.2 Å². The molecule has 0 saturated carbocycles. The first-order valence-electron chi connectivity index (χ1n) is 5.76. The summed E-state index contributed by atoms with van der Waals surface area (Å²) in [6.07, 6.45) is 0. The van der Waals surface area contributed by atoms with Crippen molar-refractivity contribution in [3.8, 4) is 0 Å². The molecule has 0 aromatic heterocycles. The minimum Gasteiger partial charge on any atom is -0.280 e. The zero-order chi connectivity index (χ0) is 13.9. The largest absolute Gasteiger partial charge is 0.280 e. The van der Waals surface area contributed by atoms with E-state index in [1.165, 1.54) is 0 Å². The molecule has 100 valence electrons. The Hall–Kier alpha value is -1.33. The van der Waals surface area contributed by atoms with Gasteiger partial charge in [0.1, 0.15) is 0 Å².